The largest absolute Gasteiger partial charge is 0.371 e. The number of halogens is 1. The Morgan fingerprint density at radius 3 is 2.59 bits per heavy atom. The Kier molecular flexibility index (Phi) is 5.41. The minimum atomic E-state index is 0.377. The Morgan fingerprint density at radius 2 is 1.81 bits per heavy atom. The molecule has 1 fully saturated rings. The summed E-state index contributed by atoms with van der Waals surface area (Å²) in [4.78, 5) is 6.84. The van der Waals surface area contributed by atoms with Crippen LogP contribution in [0.2, 0.25) is 5.02 Å². The van der Waals surface area contributed by atoms with Crippen molar-refractivity contribution in [2.45, 2.75) is 18.9 Å². The number of aromatic nitrogens is 1. The number of rotatable bonds is 3. The highest BCUT2D eigenvalue weighted by atomic mass is 35.5. The molecule has 4 rings (SSSR count). The van der Waals surface area contributed by atoms with E-state index < -0.39 is 0 Å². The molecular weight excluding hydrogens is 376 g/mol. The highest BCUT2D eigenvalue weighted by Gasteiger charge is 2.21. The highest BCUT2D eigenvalue weighted by molar-refractivity contribution is 7.80. The first-order chi connectivity index (χ1) is 13.2. The van der Waals surface area contributed by atoms with Gasteiger partial charge in [0.2, 0.25) is 0 Å². The predicted molar refractivity (Wildman–Crippen MR) is 118 cm³/mol. The van der Waals surface area contributed by atoms with E-state index in [4.69, 9.17) is 23.8 Å². The molecule has 0 atom stereocenters. The number of hydrogen-bond acceptors (Lipinski definition) is 3. The van der Waals surface area contributed by atoms with E-state index in [1.807, 2.05) is 48.7 Å². The maximum atomic E-state index is 6.30. The molecule has 0 radical (unpaired) electrons. The quantitative estimate of drug-likeness (QED) is 0.619. The molecule has 1 saturated heterocycles. The van der Waals surface area contributed by atoms with Crippen LogP contribution in [0.15, 0.2) is 60.8 Å². The van der Waals surface area contributed by atoms with Crippen LogP contribution in [-0.2, 0) is 0 Å². The van der Waals surface area contributed by atoms with Crippen molar-refractivity contribution in [3.05, 3.63) is 65.8 Å². The number of benzene rings is 2. The summed E-state index contributed by atoms with van der Waals surface area (Å²) in [7, 11) is 0. The zero-order valence-corrected chi connectivity index (χ0v) is 16.4. The second-order valence-electron chi connectivity index (χ2n) is 6.69. The minimum absolute atomic E-state index is 0.377. The Bertz CT molecular complexity index is 939. The number of anilines is 2. The maximum absolute atomic E-state index is 6.30. The Hall–Kier alpha value is -2.37. The van der Waals surface area contributed by atoms with Crippen LogP contribution in [0.4, 0.5) is 11.4 Å². The molecule has 1 aliphatic rings. The van der Waals surface area contributed by atoms with Gasteiger partial charge in [-0.05, 0) is 49.3 Å². The van der Waals surface area contributed by atoms with Crippen LogP contribution in [0.5, 0.6) is 0 Å². The van der Waals surface area contributed by atoms with Gasteiger partial charge >= 0.3 is 0 Å². The standard InChI is InChI=1S/C21H21ClN4S/c22-18-8-4-7-17-19(9-12-23-20(17)18)26-13-10-16(11-14-26)25-21(27)24-15-5-2-1-3-6-15/h1-9,12,16H,10-11,13-14H2,(H2,24,25,27). The highest BCUT2D eigenvalue weighted by Crippen LogP contribution is 2.31. The van der Waals surface area contributed by atoms with Crippen molar-refractivity contribution in [2.24, 2.45) is 0 Å². The number of para-hydroxylation sites is 2. The van der Waals surface area contributed by atoms with Crippen LogP contribution < -0.4 is 15.5 Å². The van der Waals surface area contributed by atoms with Crippen molar-refractivity contribution in [2.75, 3.05) is 23.3 Å². The van der Waals surface area contributed by atoms with Gasteiger partial charge in [-0.1, -0.05) is 41.9 Å². The summed E-state index contributed by atoms with van der Waals surface area (Å²) in [6, 6.07) is 18.4. The summed E-state index contributed by atoms with van der Waals surface area (Å²) in [6.45, 7) is 1.94. The summed E-state index contributed by atoms with van der Waals surface area (Å²) in [5.41, 5.74) is 3.07. The third kappa shape index (κ3) is 4.15. The fraction of sp³-hybridized carbons (Fsp3) is 0.238. The fourth-order valence-corrected chi connectivity index (χ4v) is 4.05. The van der Waals surface area contributed by atoms with Gasteiger partial charge in [0.1, 0.15) is 0 Å². The van der Waals surface area contributed by atoms with Gasteiger partial charge in [-0.15, -0.1) is 0 Å². The molecular formula is C21H21ClN4S. The van der Waals surface area contributed by atoms with E-state index in [-0.39, 0.29) is 0 Å². The number of thiocarbonyl (C=S) groups is 1. The number of piperidine rings is 1. The Labute approximate surface area is 169 Å². The van der Waals surface area contributed by atoms with Crippen molar-refractivity contribution < 1.29 is 0 Å². The summed E-state index contributed by atoms with van der Waals surface area (Å²) < 4.78 is 0. The monoisotopic (exact) mass is 396 g/mol. The average Bonchev–Trinajstić information content (AvgIpc) is 2.69. The molecule has 138 valence electrons. The summed E-state index contributed by atoms with van der Waals surface area (Å²) in [5, 5.41) is 9.18. The van der Waals surface area contributed by atoms with E-state index in [2.05, 4.69) is 32.7 Å². The molecule has 0 amide bonds. The number of nitrogens with zero attached hydrogens (tertiary/aromatic N) is 2. The maximum Gasteiger partial charge on any atom is 0.170 e. The normalized spacial score (nSPS) is 14.9. The van der Waals surface area contributed by atoms with Gasteiger partial charge in [-0.2, -0.15) is 0 Å². The predicted octanol–water partition coefficient (Wildman–Crippen LogP) is 4.84. The molecule has 2 N–H and O–H groups in total. The third-order valence-electron chi connectivity index (χ3n) is 4.90. The van der Waals surface area contributed by atoms with Gasteiger partial charge in [-0.3, -0.25) is 4.98 Å². The minimum Gasteiger partial charge on any atom is -0.371 e. The Balaban J connectivity index is 1.38. The Morgan fingerprint density at radius 1 is 1.04 bits per heavy atom. The van der Waals surface area contributed by atoms with Crippen LogP contribution in [0.25, 0.3) is 10.9 Å². The molecule has 0 saturated carbocycles. The third-order valence-corrected chi connectivity index (χ3v) is 5.43. The molecule has 1 aliphatic heterocycles. The first-order valence-electron chi connectivity index (χ1n) is 9.11. The molecule has 2 heterocycles. The van der Waals surface area contributed by atoms with E-state index in [0.717, 1.165) is 42.5 Å². The van der Waals surface area contributed by atoms with E-state index in [0.29, 0.717) is 16.2 Å². The first-order valence-corrected chi connectivity index (χ1v) is 9.90. The van der Waals surface area contributed by atoms with Crippen LogP contribution in [0.3, 0.4) is 0 Å². The molecule has 2 aromatic carbocycles. The van der Waals surface area contributed by atoms with Gasteiger partial charge in [0.15, 0.2) is 5.11 Å². The second-order valence-corrected chi connectivity index (χ2v) is 7.51. The van der Waals surface area contributed by atoms with Gasteiger partial charge in [-0.25, -0.2) is 0 Å². The molecule has 0 unspecified atom stereocenters. The lowest BCUT2D eigenvalue weighted by Gasteiger charge is -2.35. The van der Waals surface area contributed by atoms with E-state index in [1.165, 1.54) is 5.69 Å². The van der Waals surface area contributed by atoms with E-state index in [1.54, 1.807) is 0 Å². The molecule has 3 aromatic rings. The van der Waals surface area contributed by atoms with Gasteiger partial charge in [0, 0.05) is 42.1 Å². The molecule has 4 nitrogen and oxygen atoms in total. The summed E-state index contributed by atoms with van der Waals surface area (Å²) >= 11 is 11.8. The van der Waals surface area contributed by atoms with Crippen molar-refractivity contribution in [1.29, 1.82) is 0 Å². The van der Waals surface area contributed by atoms with Gasteiger partial charge in [0.05, 0.1) is 10.5 Å². The topological polar surface area (TPSA) is 40.2 Å². The fourth-order valence-electron chi connectivity index (χ4n) is 3.54. The molecule has 0 aliphatic carbocycles. The lowest BCUT2D eigenvalue weighted by atomic mass is 10.0. The molecule has 0 bridgehead atoms. The smallest absolute Gasteiger partial charge is 0.170 e. The summed E-state index contributed by atoms with van der Waals surface area (Å²) in [6.07, 6.45) is 3.90. The van der Waals surface area contributed by atoms with Crippen molar-refractivity contribution >= 4 is 51.2 Å². The first kappa shape index (κ1) is 18.0. The van der Waals surface area contributed by atoms with Crippen LogP contribution in [0.1, 0.15) is 12.8 Å². The van der Waals surface area contributed by atoms with Crippen molar-refractivity contribution in [1.82, 2.24) is 10.3 Å². The number of pyridine rings is 1. The van der Waals surface area contributed by atoms with Crippen molar-refractivity contribution in [3.8, 4) is 0 Å². The zero-order valence-electron chi connectivity index (χ0n) is 14.9. The van der Waals surface area contributed by atoms with E-state index >= 15 is 0 Å². The SMILES string of the molecule is S=C(Nc1ccccc1)NC1CCN(c2ccnc3c(Cl)cccc23)CC1. The van der Waals surface area contributed by atoms with Crippen molar-refractivity contribution in [3.63, 3.8) is 0 Å². The van der Waals surface area contributed by atoms with E-state index in [9.17, 15) is 0 Å². The lowest BCUT2D eigenvalue weighted by molar-refractivity contribution is 0.468. The van der Waals surface area contributed by atoms with Crippen LogP contribution >= 0.6 is 23.8 Å². The number of hydrogen-bond donors (Lipinski definition) is 2. The summed E-state index contributed by atoms with van der Waals surface area (Å²) in [5.74, 6) is 0. The van der Waals surface area contributed by atoms with Crippen LogP contribution in [0, 0.1) is 0 Å². The van der Waals surface area contributed by atoms with Gasteiger partial charge < -0.3 is 15.5 Å². The molecule has 27 heavy (non-hydrogen) atoms. The zero-order chi connectivity index (χ0) is 18.6. The number of nitrogens with one attached hydrogen (secondary N) is 2. The number of fused-ring (bicyclic) bond motifs is 1. The molecule has 1 aromatic heterocycles. The molecule has 0 spiro atoms. The lowest BCUT2D eigenvalue weighted by Crippen LogP contribution is -2.46. The van der Waals surface area contributed by atoms with Gasteiger partial charge in [0.25, 0.3) is 0 Å². The molecule has 6 heteroatoms. The average molecular weight is 397 g/mol. The van der Waals surface area contributed by atoms with Crippen LogP contribution in [-0.4, -0.2) is 29.2 Å². The second kappa shape index (κ2) is 8.11.